The predicted molar refractivity (Wildman–Crippen MR) is 66.1 cm³/mol. The molecule has 1 N–H and O–H groups in total. The van der Waals surface area contributed by atoms with Crippen LogP contribution in [0.4, 0.5) is 0 Å². The van der Waals surface area contributed by atoms with Gasteiger partial charge in [-0.15, -0.1) is 0 Å². The van der Waals surface area contributed by atoms with E-state index in [1.165, 1.54) is 6.42 Å². The first kappa shape index (κ1) is 10.5. The first-order valence-corrected chi connectivity index (χ1v) is 6.07. The van der Waals surface area contributed by atoms with Crippen LogP contribution in [0.2, 0.25) is 0 Å². The van der Waals surface area contributed by atoms with Crippen molar-refractivity contribution >= 4 is 0 Å². The number of aromatic nitrogens is 3. The zero-order valence-electron chi connectivity index (χ0n) is 9.93. The summed E-state index contributed by atoms with van der Waals surface area (Å²) in [7, 11) is 0. The maximum Gasteiger partial charge on any atom is 0.149 e. The molecule has 2 heterocycles. The summed E-state index contributed by atoms with van der Waals surface area (Å²) in [6.07, 6.45) is 2.36. The molecule has 0 saturated carbocycles. The SMILES string of the molecule is Cc1nc(C2CCCN2)n(-c2ccccc2)n1. The minimum Gasteiger partial charge on any atom is -0.307 e. The molecule has 88 valence electrons. The summed E-state index contributed by atoms with van der Waals surface area (Å²) in [6.45, 7) is 3.02. The quantitative estimate of drug-likeness (QED) is 0.855. The van der Waals surface area contributed by atoms with Gasteiger partial charge >= 0.3 is 0 Å². The summed E-state index contributed by atoms with van der Waals surface area (Å²) in [6, 6.07) is 10.5. The number of nitrogens with one attached hydrogen (secondary N) is 1. The Morgan fingerprint density at radius 3 is 2.82 bits per heavy atom. The van der Waals surface area contributed by atoms with Crippen LogP contribution < -0.4 is 5.32 Å². The molecule has 17 heavy (non-hydrogen) atoms. The zero-order valence-corrected chi connectivity index (χ0v) is 9.93. The molecule has 1 unspecified atom stereocenters. The number of benzene rings is 1. The Labute approximate surface area is 101 Å². The molecule has 2 aromatic rings. The van der Waals surface area contributed by atoms with Crippen molar-refractivity contribution in [2.75, 3.05) is 6.54 Å². The lowest BCUT2D eigenvalue weighted by Gasteiger charge is -2.11. The fourth-order valence-electron chi connectivity index (χ4n) is 2.32. The molecule has 1 saturated heterocycles. The third kappa shape index (κ3) is 1.96. The Balaban J connectivity index is 2.04. The molecule has 1 aliphatic rings. The average molecular weight is 228 g/mol. The second-order valence-corrected chi connectivity index (χ2v) is 4.41. The average Bonchev–Trinajstić information content (AvgIpc) is 2.98. The van der Waals surface area contributed by atoms with Crippen LogP contribution in [-0.4, -0.2) is 21.3 Å². The lowest BCUT2D eigenvalue weighted by Crippen LogP contribution is -2.17. The largest absolute Gasteiger partial charge is 0.307 e. The summed E-state index contributed by atoms with van der Waals surface area (Å²) in [5, 5.41) is 7.96. The molecular formula is C13H16N4. The maximum absolute atomic E-state index is 4.56. The molecule has 4 heteroatoms. The van der Waals surface area contributed by atoms with Crippen LogP contribution in [0.15, 0.2) is 30.3 Å². The van der Waals surface area contributed by atoms with Crippen LogP contribution in [0.3, 0.4) is 0 Å². The van der Waals surface area contributed by atoms with Crippen molar-refractivity contribution in [2.24, 2.45) is 0 Å². The van der Waals surface area contributed by atoms with Crippen molar-refractivity contribution in [3.8, 4) is 5.69 Å². The standard InChI is InChI=1S/C13H16N4/c1-10-15-13(12-8-5-9-14-12)17(16-10)11-6-3-2-4-7-11/h2-4,6-7,12,14H,5,8-9H2,1H3. The van der Waals surface area contributed by atoms with Gasteiger partial charge < -0.3 is 5.32 Å². The van der Waals surface area contributed by atoms with E-state index in [0.717, 1.165) is 30.3 Å². The number of para-hydroxylation sites is 1. The first-order valence-electron chi connectivity index (χ1n) is 6.07. The van der Waals surface area contributed by atoms with Crippen LogP contribution in [0.5, 0.6) is 0 Å². The van der Waals surface area contributed by atoms with E-state index in [4.69, 9.17) is 0 Å². The van der Waals surface area contributed by atoms with Gasteiger partial charge in [-0.1, -0.05) is 18.2 Å². The highest BCUT2D eigenvalue weighted by Crippen LogP contribution is 2.23. The van der Waals surface area contributed by atoms with Gasteiger partial charge in [0.15, 0.2) is 0 Å². The second-order valence-electron chi connectivity index (χ2n) is 4.41. The third-order valence-electron chi connectivity index (χ3n) is 3.11. The van der Waals surface area contributed by atoms with Crippen molar-refractivity contribution in [3.63, 3.8) is 0 Å². The summed E-state index contributed by atoms with van der Waals surface area (Å²) < 4.78 is 1.96. The molecule has 0 spiro atoms. The van der Waals surface area contributed by atoms with E-state index in [-0.39, 0.29) is 0 Å². The van der Waals surface area contributed by atoms with Gasteiger partial charge in [0.05, 0.1) is 11.7 Å². The maximum atomic E-state index is 4.56. The Bertz CT molecular complexity index is 497. The lowest BCUT2D eigenvalue weighted by atomic mass is 10.2. The summed E-state index contributed by atoms with van der Waals surface area (Å²) in [5.74, 6) is 1.86. The van der Waals surface area contributed by atoms with Crippen molar-refractivity contribution in [1.29, 1.82) is 0 Å². The van der Waals surface area contributed by atoms with Gasteiger partial charge in [0.25, 0.3) is 0 Å². The van der Waals surface area contributed by atoms with Crippen molar-refractivity contribution in [3.05, 3.63) is 42.0 Å². The fraction of sp³-hybridized carbons (Fsp3) is 0.385. The van der Waals surface area contributed by atoms with E-state index in [0.29, 0.717) is 6.04 Å². The van der Waals surface area contributed by atoms with E-state index in [1.807, 2.05) is 29.8 Å². The molecule has 0 bridgehead atoms. The highest BCUT2D eigenvalue weighted by atomic mass is 15.4. The van der Waals surface area contributed by atoms with Gasteiger partial charge in [0.1, 0.15) is 11.6 Å². The van der Waals surface area contributed by atoms with Gasteiger partial charge in [0, 0.05) is 0 Å². The minimum atomic E-state index is 0.344. The number of hydrogen-bond acceptors (Lipinski definition) is 3. The Kier molecular flexibility index (Phi) is 2.65. The van der Waals surface area contributed by atoms with Gasteiger partial charge in [-0.3, -0.25) is 0 Å². The van der Waals surface area contributed by atoms with E-state index < -0.39 is 0 Å². The number of aryl methyl sites for hydroxylation is 1. The Morgan fingerprint density at radius 1 is 1.29 bits per heavy atom. The van der Waals surface area contributed by atoms with Gasteiger partial charge in [-0.2, -0.15) is 5.10 Å². The number of rotatable bonds is 2. The number of nitrogens with zero attached hydrogens (tertiary/aromatic N) is 3. The summed E-state index contributed by atoms with van der Waals surface area (Å²) in [5.41, 5.74) is 1.08. The van der Waals surface area contributed by atoms with Crippen molar-refractivity contribution in [2.45, 2.75) is 25.8 Å². The summed E-state index contributed by atoms with van der Waals surface area (Å²) >= 11 is 0. The van der Waals surface area contributed by atoms with Crippen LogP contribution in [0.1, 0.15) is 30.5 Å². The summed E-state index contributed by atoms with van der Waals surface area (Å²) in [4.78, 5) is 4.56. The Hall–Kier alpha value is -1.68. The zero-order chi connectivity index (χ0) is 11.7. The van der Waals surface area contributed by atoms with Crippen LogP contribution in [0.25, 0.3) is 5.69 Å². The predicted octanol–water partition coefficient (Wildman–Crippen LogP) is 2.00. The third-order valence-corrected chi connectivity index (χ3v) is 3.11. The molecule has 4 nitrogen and oxygen atoms in total. The second kappa shape index (κ2) is 4.30. The van der Waals surface area contributed by atoms with Crippen molar-refractivity contribution in [1.82, 2.24) is 20.1 Å². The topological polar surface area (TPSA) is 42.7 Å². The Morgan fingerprint density at radius 2 is 2.12 bits per heavy atom. The molecule has 3 rings (SSSR count). The molecule has 1 aromatic heterocycles. The molecule has 1 aliphatic heterocycles. The minimum absolute atomic E-state index is 0.344. The smallest absolute Gasteiger partial charge is 0.149 e. The highest BCUT2D eigenvalue weighted by Gasteiger charge is 2.22. The van der Waals surface area contributed by atoms with Crippen LogP contribution in [0, 0.1) is 6.92 Å². The first-order chi connectivity index (χ1) is 8.34. The molecule has 1 fully saturated rings. The van der Waals surface area contributed by atoms with Gasteiger partial charge in [-0.05, 0) is 38.4 Å². The van der Waals surface area contributed by atoms with E-state index in [1.54, 1.807) is 0 Å². The van der Waals surface area contributed by atoms with Gasteiger partial charge in [0.2, 0.25) is 0 Å². The highest BCUT2D eigenvalue weighted by molar-refractivity contribution is 5.31. The van der Waals surface area contributed by atoms with E-state index in [9.17, 15) is 0 Å². The lowest BCUT2D eigenvalue weighted by molar-refractivity contribution is 0.583. The molecule has 1 aromatic carbocycles. The monoisotopic (exact) mass is 228 g/mol. The van der Waals surface area contributed by atoms with Gasteiger partial charge in [-0.25, -0.2) is 9.67 Å². The molecule has 0 amide bonds. The van der Waals surface area contributed by atoms with Crippen LogP contribution >= 0.6 is 0 Å². The normalized spacial score (nSPS) is 19.7. The van der Waals surface area contributed by atoms with Crippen LogP contribution in [-0.2, 0) is 0 Å². The van der Waals surface area contributed by atoms with Crippen molar-refractivity contribution < 1.29 is 0 Å². The molecule has 0 radical (unpaired) electrons. The molecule has 0 aliphatic carbocycles. The van der Waals surface area contributed by atoms with E-state index in [2.05, 4.69) is 27.5 Å². The fourth-order valence-corrected chi connectivity index (χ4v) is 2.32. The molecule has 1 atom stereocenters. The van der Waals surface area contributed by atoms with E-state index >= 15 is 0 Å². The molecular weight excluding hydrogens is 212 g/mol. The number of hydrogen-bond donors (Lipinski definition) is 1.